The first-order valence-electron chi connectivity index (χ1n) is 8.39. The highest BCUT2D eigenvalue weighted by molar-refractivity contribution is 7.16. The predicted octanol–water partition coefficient (Wildman–Crippen LogP) is 3.64. The van der Waals surface area contributed by atoms with Gasteiger partial charge in [0.25, 0.3) is 5.91 Å². The molecule has 1 aromatic carbocycles. The van der Waals surface area contributed by atoms with Crippen molar-refractivity contribution >= 4 is 34.8 Å². The number of thiazole rings is 1. The fraction of sp³-hybridized carbons (Fsp3) is 0.389. The molecule has 26 heavy (non-hydrogen) atoms. The number of aromatic nitrogens is 1. The van der Waals surface area contributed by atoms with Crippen molar-refractivity contribution < 1.29 is 14.0 Å². The lowest BCUT2D eigenvalue weighted by Gasteiger charge is -2.31. The lowest BCUT2D eigenvalue weighted by atomic mass is 9.77. The third-order valence-electron chi connectivity index (χ3n) is 5.01. The van der Waals surface area contributed by atoms with E-state index in [0.29, 0.717) is 22.0 Å². The Morgan fingerprint density at radius 3 is 2.81 bits per heavy atom. The van der Waals surface area contributed by atoms with E-state index in [1.54, 1.807) is 6.07 Å². The quantitative estimate of drug-likeness (QED) is 0.811. The molecule has 2 heterocycles. The number of hydrogen-bond acceptors (Lipinski definition) is 4. The Labute approximate surface area is 160 Å². The maximum Gasteiger partial charge on any atom is 0.263 e. The van der Waals surface area contributed by atoms with Gasteiger partial charge in [0.1, 0.15) is 21.7 Å². The molecule has 2 aromatic rings. The van der Waals surface area contributed by atoms with Crippen LogP contribution in [0, 0.1) is 11.2 Å². The van der Waals surface area contributed by atoms with Crippen LogP contribution in [0.25, 0.3) is 10.6 Å². The molecule has 2 amide bonds. The summed E-state index contributed by atoms with van der Waals surface area (Å²) in [6.07, 6.45) is 2.99. The van der Waals surface area contributed by atoms with E-state index in [4.69, 9.17) is 11.6 Å². The molecule has 0 radical (unpaired) electrons. The van der Waals surface area contributed by atoms with Gasteiger partial charge in [-0.05, 0) is 31.0 Å². The van der Waals surface area contributed by atoms with Crippen molar-refractivity contribution in [2.24, 2.45) is 5.41 Å². The number of amides is 2. The Kier molecular flexibility index (Phi) is 5.29. The average Bonchev–Trinajstić information content (AvgIpc) is 3.21. The number of carbonyl (C=O) groups excluding carboxylic acids is 2. The van der Waals surface area contributed by atoms with Crippen LogP contribution in [0.4, 0.5) is 4.39 Å². The van der Waals surface area contributed by atoms with Crippen LogP contribution in [-0.2, 0) is 4.79 Å². The molecule has 3 rings (SSSR count). The van der Waals surface area contributed by atoms with E-state index < -0.39 is 11.9 Å². The molecule has 1 aliphatic heterocycles. The van der Waals surface area contributed by atoms with Crippen LogP contribution in [0.5, 0.6) is 0 Å². The molecule has 8 heteroatoms. The van der Waals surface area contributed by atoms with Crippen molar-refractivity contribution in [3.63, 3.8) is 0 Å². The summed E-state index contributed by atoms with van der Waals surface area (Å²) in [5, 5.41) is 6.44. The zero-order chi connectivity index (χ0) is 18.9. The maximum atomic E-state index is 13.5. The standard InChI is InChI=1S/C18H19ClFN3O2S/c1-3-18(4-2)9-22-16(25)14(18)23-15(24)13-8-21-17(26-13)10-5-11(19)7-12(20)6-10/h5-8,14H,3-4,9H2,1-2H3,(H,22,25)(H,23,24)/t14-/m0/s1. The summed E-state index contributed by atoms with van der Waals surface area (Å²) >= 11 is 7.01. The van der Waals surface area contributed by atoms with Crippen molar-refractivity contribution in [1.29, 1.82) is 0 Å². The number of halogens is 2. The largest absolute Gasteiger partial charge is 0.354 e. The average molecular weight is 396 g/mol. The van der Waals surface area contributed by atoms with Crippen molar-refractivity contribution in [2.45, 2.75) is 32.7 Å². The van der Waals surface area contributed by atoms with Gasteiger partial charge in [0.05, 0.1) is 6.20 Å². The lowest BCUT2D eigenvalue weighted by molar-refractivity contribution is -0.121. The Balaban J connectivity index is 1.81. The van der Waals surface area contributed by atoms with E-state index in [0.717, 1.165) is 24.2 Å². The highest BCUT2D eigenvalue weighted by Crippen LogP contribution is 2.34. The number of rotatable bonds is 5. The molecule has 2 N–H and O–H groups in total. The van der Waals surface area contributed by atoms with Crippen LogP contribution in [0.3, 0.4) is 0 Å². The number of carbonyl (C=O) groups is 2. The second-order valence-electron chi connectivity index (χ2n) is 6.38. The number of nitrogens with zero attached hydrogens (tertiary/aromatic N) is 1. The summed E-state index contributed by atoms with van der Waals surface area (Å²) in [6, 6.07) is 3.55. The van der Waals surface area contributed by atoms with E-state index in [-0.39, 0.29) is 22.3 Å². The normalized spacial score (nSPS) is 18.6. The van der Waals surface area contributed by atoms with Gasteiger partial charge in [-0.3, -0.25) is 9.59 Å². The smallest absolute Gasteiger partial charge is 0.263 e. The minimum atomic E-state index is -0.570. The molecule has 1 aliphatic rings. The first-order chi connectivity index (χ1) is 12.4. The molecule has 138 valence electrons. The zero-order valence-corrected chi connectivity index (χ0v) is 16.0. The van der Waals surface area contributed by atoms with E-state index >= 15 is 0 Å². The van der Waals surface area contributed by atoms with Gasteiger partial charge in [0, 0.05) is 22.5 Å². The van der Waals surface area contributed by atoms with Gasteiger partial charge < -0.3 is 10.6 Å². The van der Waals surface area contributed by atoms with Crippen molar-refractivity contribution in [3.8, 4) is 10.6 Å². The van der Waals surface area contributed by atoms with E-state index in [1.807, 2.05) is 13.8 Å². The highest BCUT2D eigenvalue weighted by Gasteiger charge is 2.46. The topological polar surface area (TPSA) is 71.1 Å². The lowest BCUT2D eigenvalue weighted by Crippen LogP contribution is -2.48. The van der Waals surface area contributed by atoms with Crippen molar-refractivity contribution in [1.82, 2.24) is 15.6 Å². The SMILES string of the molecule is CCC1(CC)CNC(=O)[C@@H]1NC(=O)c1cnc(-c2cc(F)cc(Cl)c2)s1. The fourth-order valence-corrected chi connectivity index (χ4v) is 4.29. The molecule has 1 saturated heterocycles. The van der Waals surface area contributed by atoms with Gasteiger partial charge in [-0.25, -0.2) is 9.37 Å². The molecule has 0 saturated carbocycles. The second kappa shape index (κ2) is 7.32. The number of hydrogen-bond donors (Lipinski definition) is 2. The molecule has 1 aromatic heterocycles. The van der Waals surface area contributed by atoms with Crippen LogP contribution >= 0.6 is 22.9 Å². The molecule has 0 unspecified atom stereocenters. The Hall–Kier alpha value is -1.99. The van der Waals surface area contributed by atoms with Gasteiger partial charge in [-0.1, -0.05) is 25.4 Å². The van der Waals surface area contributed by atoms with E-state index in [2.05, 4.69) is 15.6 Å². The molecular formula is C18H19ClFN3O2S. The van der Waals surface area contributed by atoms with Crippen LogP contribution in [0.1, 0.15) is 36.4 Å². The summed E-state index contributed by atoms with van der Waals surface area (Å²) in [7, 11) is 0. The molecule has 0 aliphatic carbocycles. The zero-order valence-electron chi connectivity index (χ0n) is 14.4. The van der Waals surface area contributed by atoms with Gasteiger partial charge in [0.2, 0.25) is 5.91 Å². The minimum absolute atomic E-state index is 0.163. The van der Waals surface area contributed by atoms with Crippen LogP contribution in [0.2, 0.25) is 5.02 Å². The van der Waals surface area contributed by atoms with Gasteiger partial charge in [0.15, 0.2) is 0 Å². The monoisotopic (exact) mass is 395 g/mol. The Morgan fingerprint density at radius 2 is 2.15 bits per heavy atom. The summed E-state index contributed by atoms with van der Waals surface area (Å²) in [5.74, 6) is -0.986. The van der Waals surface area contributed by atoms with Crippen molar-refractivity contribution in [2.75, 3.05) is 6.54 Å². The maximum absolute atomic E-state index is 13.5. The van der Waals surface area contributed by atoms with E-state index in [9.17, 15) is 14.0 Å². The van der Waals surface area contributed by atoms with Gasteiger partial charge in [-0.15, -0.1) is 11.3 Å². The molecule has 0 bridgehead atoms. The molecule has 5 nitrogen and oxygen atoms in total. The first-order valence-corrected chi connectivity index (χ1v) is 9.59. The Morgan fingerprint density at radius 1 is 1.42 bits per heavy atom. The first kappa shape index (κ1) is 18.8. The molecular weight excluding hydrogens is 377 g/mol. The van der Waals surface area contributed by atoms with Gasteiger partial charge in [-0.2, -0.15) is 0 Å². The van der Waals surface area contributed by atoms with Crippen molar-refractivity contribution in [3.05, 3.63) is 40.1 Å². The third-order valence-corrected chi connectivity index (χ3v) is 6.28. The van der Waals surface area contributed by atoms with Crippen LogP contribution in [0.15, 0.2) is 24.4 Å². The van der Waals surface area contributed by atoms with Crippen LogP contribution in [-0.4, -0.2) is 29.4 Å². The fourth-order valence-electron chi connectivity index (χ4n) is 3.26. The second-order valence-corrected chi connectivity index (χ2v) is 7.85. The van der Waals surface area contributed by atoms with Gasteiger partial charge >= 0.3 is 0 Å². The highest BCUT2D eigenvalue weighted by atomic mass is 35.5. The van der Waals surface area contributed by atoms with Crippen LogP contribution < -0.4 is 10.6 Å². The summed E-state index contributed by atoms with van der Waals surface area (Å²) in [6.45, 7) is 4.59. The summed E-state index contributed by atoms with van der Waals surface area (Å²) < 4.78 is 13.5. The molecule has 1 fully saturated rings. The third kappa shape index (κ3) is 3.46. The number of benzene rings is 1. The molecule has 0 spiro atoms. The number of nitrogens with one attached hydrogen (secondary N) is 2. The summed E-state index contributed by atoms with van der Waals surface area (Å²) in [4.78, 5) is 29.4. The molecule has 1 atom stereocenters. The summed E-state index contributed by atoms with van der Waals surface area (Å²) in [5.41, 5.74) is 0.227. The predicted molar refractivity (Wildman–Crippen MR) is 99.8 cm³/mol. The van der Waals surface area contributed by atoms with E-state index in [1.165, 1.54) is 18.3 Å². The minimum Gasteiger partial charge on any atom is -0.354 e. The Bertz CT molecular complexity index is 830.